The number of carbonyl (C=O) groups is 1. The predicted octanol–water partition coefficient (Wildman–Crippen LogP) is -0.101. The van der Waals surface area contributed by atoms with E-state index in [0.29, 0.717) is 11.4 Å². The molecule has 8 nitrogen and oxygen atoms in total. The topological polar surface area (TPSA) is 97.6 Å². The first-order valence-corrected chi connectivity index (χ1v) is 4.88. The van der Waals surface area contributed by atoms with E-state index in [-0.39, 0.29) is 11.9 Å². The van der Waals surface area contributed by atoms with Crippen molar-refractivity contribution in [2.24, 2.45) is 7.05 Å². The van der Waals surface area contributed by atoms with Crippen LogP contribution in [0.1, 0.15) is 10.4 Å². The van der Waals surface area contributed by atoms with E-state index in [2.05, 4.69) is 31.1 Å². The molecule has 2 rings (SSSR count). The number of nitrogens with one attached hydrogen (secondary N) is 2. The number of aryl methyl sites for hydroxylation is 1. The molecule has 0 saturated carbocycles. The average molecular weight is 233 g/mol. The summed E-state index contributed by atoms with van der Waals surface area (Å²) in [5, 5.41) is 16.1. The van der Waals surface area contributed by atoms with Crippen molar-refractivity contribution in [2.45, 2.75) is 0 Å². The normalized spacial score (nSPS) is 10.0. The van der Waals surface area contributed by atoms with E-state index in [1.807, 2.05) is 0 Å². The van der Waals surface area contributed by atoms with Crippen molar-refractivity contribution in [1.29, 1.82) is 0 Å². The number of anilines is 2. The van der Waals surface area contributed by atoms with Gasteiger partial charge in [-0.15, -0.1) is 0 Å². The molecule has 0 saturated heterocycles. The van der Waals surface area contributed by atoms with Gasteiger partial charge in [-0.3, -0.25) is 10.1 Å². The van der Waals surface area contributed by atoms with Crippen molar-refractivity contribution < 1.29 is 4.79 Å². The summed E-state index contributed by atoms with van der Waals surface area (Å²) in [4.78, 5) is 15.8. The van der Waals surface area contributed by atoms with Crippen LogP contribution in [-0.2, 0) is 7.05 Å². The van der Waals surface area contributed by atoms with Crippen LogP contribution in [0.4, 0.5) is 11.8 Å². The van der Waals surface area contributed by atoms with Gasteiger partial charge in [0.1, 0.15) is 5.82 Å². The van der Waals surface area contributed by atoms with Crippen LogP contribution in [-0.4, -0.2) is 38.1 Å². The summed E-state index contributed by atoms with van der Waals surface area (Å²) in [6.07, 6.45) is 1.48. The summed E-state index contributed by atoms with van der Waals surface area (Å²) in [5.41, 5.74) is 0.437. The average Bonchev–Trinajstić information content (AvgIpc) is 2.75. The second-order valence-electron chi connectivity index (χ2n) is 3.26. The lowest BCUT2D eigenvalue weighted by atomic mass is 10.2. The SMILES string of the molecule is CNc1ccc(C(=O)Nc2nnnn2C)cn1. The Balaban J connectivity index is 2.12. The molecular weight excluding hydrogens is 222 g/mol. The van der Waals surface area contributed by atoms with E-state index in [4.69, 9.17) is 0 Å². The van der Waals surface area contributed by atoms with Crippen LogP contribution in [0.2, 0.25) is 0 Å². The van der Waals surface area contributed by atoms with Crippen LogP contribution >= 0.6 is 0 Å². The van der Waals surface area contributed by atoms with Gasteiger partial charge in [-0.1, -0.05) is 5.10 Å². The van der Waals surface area contributed by atoms with Crippen LogP contribution in [0.3, 0.4) is 0 Å². The zero-order chi connectivity index (χ0) is 12.3. The molecule has 0 atom stereocenters. The first-order valence-electron chi connectivity index (χ1n) is 4.88. The highest BCUT2D eigenvalue weighted by atomic mass is 16.1. The number of pyridine rings is 1. The number of tetrazole rings is 1. The molecule has 17 heavy (non-hydrogen) atoms. The first kappa shape index (κ1) is 11.0. The van der Waals surface area contributed by atoms with Crippen LogP contribution in [0.25, 0.3) is 0 Å². The number of nitrogens with zero attached hydrogens (tertiary/aromatic N) is 5. The monoisotopic (exact) mass is 233 g/mol. The molecule has 0 unspecified atom stereocenters. The number of amides is 1. The van der Waals surface area contributed by atoms with Gasteiger partial charge < -0.3 is 5.32 Å². The van der Waals surface area contributed by atoms with Gasteiger partial charge >= 0.3 is 0 Å². The fourth-order valence-corrected chi connectivity index (χ4v) is 1.19. The Morgan fingerprint density at radius 3 is 2.76 bits per heavy atom. The van der Waals surface area contributed by atoms with Crippen molar-refractivity contribution in [2.75, 3.05) is 17.7 Å². The Hall–Kier alpha value is -2.51. The Morgan fingerprint density at radius 2 is 2.24 bits per heavy atom. The smallest absolute Gasteiger partial charge is 0.259 e. The fourth-order valence-electron chi connectivity index (χ4n) is 1.19. The minimum Gasteiger partial charge on any atom is -0.373 e. The molecule has 0 bridgehead atoms. The Bertz CT molecular complexity index is 518. The predicted molar refractivity (Wildman–Crippen MR) is 60.5 cm³/mol. The highest BCUT2D eigenvalue weighted by Crippen LogP contribution is 2.06. The van der Waals surface area contributed by atoms with Gasteiger partial charge in [-0.05, 0) is 22.6 Å². The number of hydrogen-bond acceptors (Lipinski definition) is 6. The van der Waals surface area contributed by atoms with Gasteiger partial charge in [-0.25, -0.2) is 9.67 Å². The van der Waals surface area contributed by atoms with Crippen molar-refractivity contribution in [3.63, 3.8) is 0 Å². The number of carbonyl (C=O) groups excluding carboxylic acids is 1. The standard InChI is InChI=1S/C9H11N7O/c1-10-7-4-3-6(5-11-7)8(17)12-9-13-14-15-16(9)2/h3-5H,1-2H3,(H,10,11)(H,12,13,15,17). The lowest BCUT2D eigenvalue weighted by Crippen LogP contribution is -2.15. The lowest BCUT2D eigenvalue weighted by Gasteiger charge is -2.03. The zero-order valence-electron chi connectivity index (χ0n) is 9.38. The molecular formula is C9H11N7O. The Labute approximate surface area is 97.0 Å². The molecule has 0 aromatic carbocycles. The quantitative estimate of drug-likeness (QED) is 0.768. The van der Waals surface area contributed by atoms with Crippen molar-refractivity contribution in [3.8, 4) is 0 Å². The molecule has 88 valence electrons. The summed E-state index contributed by atoms with van der Waals surface area (Å²) in [6, 6.07) is 3.38. The van der Waals surface area contributed by atoms with Gasteiger partial charge in [0, 0.05) is 20.3 Å². The van der Waals surface area contributed by atoms with Crippen LogP contribution in [0.5, 0.6) is 0 Å². The molecule has 0 aliphatic carbocycles. The van der Waals surface area contributed by atoms with E-state index >= 15 is 0 Å². The molecule has 0 radical (unpaired) electrons. The summed E-state index contributed by atoms with van der Waals surface area (Å²) in [6.45, 7) is 0. The summed E-state index contributed by atoms with van der Waals surface area (Å²) in [5.74, 6) is 0.674. The Morgan fingerprint density at radius 1 is 1.41 bits per heavy atom. The minimum atomic E-state index is -0.307. The second kappa shape index (κ2) is 4.56. The molecule has 2 aromatic heterocycles. The highest BCUT2D eigenvalue weighted by Gasteiger charge is 2.10. The van der Waals surface area contributed by atoms with Gasteiger partial charge in [0.15, 0.2) is 0 Å². The summed E-state index contributed by atoms with van der Waals surface area (Å²) < 4.78 is 1.37. The molecule has 2 N–H and O–H groups in total. The van der Waals surface area contributed by atoms with Gasteiger partial charge in [0.05, 0.1) is 5.56 Å². The van der Waals surface area contributed by atoms with Crippen LogP contribution in [0, 0.1) is 0 Å². The van der Waals surface area contributed by atoms with Crippen LogP contribution in [0.15, 0.2) is 18.3 Å². The fraction of sp³-hybridized carbons (Fsp3) is 0.222. The maximum Gasteiger partial charge on any atom is 0.259 e. The van der Waals surface area contributed by atoms with Crippen molar-refractivity contribution in [1.82, 2.24) is 25.2 Å². The van der Waals surface area contributed by atoms with Gasteiger partial charge in [-0.2, -0.15) is 0 Å². The molecule has 2 heterocycles. The third-order valence-electron chi connectivity index (χ3n) is 2.13. The van der Waals surface area contributed by atoms with Crippen LogP contribution < -0.4 is 10.6 Å². The Kier molecular flexibility index (Phi) is 2.95. The third-order valence-corrected chi connectivity index (χ3v) is 2.13. The lowest BCUT2D eigenvalue weighted by molar-refractivity contribution is 0.102. The molecule has 0 spiro atoms. The van der Waals surface area contributed by atoms with E-state index in [1.54, 1.807) is 26.2 Å². The molecule has 1 amide bonds. The van der Waals surface area contributed by atoms with E-state index in [9.17, 15) is 4.79 Å². The number of rotatable bonds is 3. The minimum absolute atomic E-state index is 0.285. The number of hydrogen-bond donors (Lipinski definition) is 2. The third kappa shape index (κ3) is 2.36. The van der Waals surface area contributed by atoms with Gasteiger partial charge in [0.25, 0.3) is 5.91 Å². The number of aromatic nitrogens is 5. The highest BCUT2D eigenvalue weighted by molar-refractivity contribution is 6.03. The maximum absolute atomic E-state index is 11.8. The van der Waals surface area contributed by atoms with Crippen molar-refractivity contribution >= 4 is 17.7 Å². The molecule has 0 aliphatic heterocycles. The van der Waals surface area contributed by atoms with Crippen molar-refractivity contribution in [3.05, 3.63) is 23.9 Å². The van der Waals surface area contributed by atoms with E-state index in [1.165, 1.54) is 10.9 Å². The molecule has 8 heteroatoms. The summed E-state index contributed by atoms with van der Waals surface area (Å²) in [7, 11) is 3.39. The maximum atomic E-state index is 11.8. The second-order valence-corrected chi connectivity index (χ2v) is 3.26. The van der Waals surface area contributed by atoms with E-state index < -0.39 is 0 Å². The zero-order valence-corrected chi connectivity index (χ0v) is 9.38. The van der Waals surface area contributed by atoms with Gasteiger partial charge in [0.2, 0.25) is 5.95 Å². The molecule has 0 fully saturated rings. The first-order chi connectivity index (χ1) is 8.20. The largest absolute Gasteiger partial charge is 0.373 e. The molecule has 0 aliphatic rings. The van der Waals surface area contributed by atoms with E-state index in [0.717, 1.165) is 0 Å². The summed E-state index contributed by atoms with van der Waals surface area (Å²) >= 11 is 0. The molecule has 2 aromatic rings.